The van der Waals surface area contributed by atoms with Gasteiger partial charge in [-0.25, -0.2) is 13.6 Å². The molecule has 1 aromatic rings. The highest BCUT2D eigenvalue weighted by Crippen LogP contribution is 2.19. The highest BCUT2D eigenvalue weighted by molar-refractivity contribution is 5.89. The van der Waals surface area contributed by atoms with Crippen LogP contribution in [-0.4, -0.2) is 48.0 Å². The molecular formula is C13H18F2N2O3. The van der Waals surface area contributed by atoms with E-state index in [-0.39, 0.29) is 25.4 Å². The van der Waals surface area contributed by atoms with Crippen LogP contribution in [0, 0.1) is 17.0 Å². The second-order valence-electron chi connectivity index (χ2n) is 5.01. The molecule has 0 atom stereocenters. The maximum absolute atomic E-state index is 13.4. The molecule has 0 heterocycles. The third kappa shape index (κ3) is 3.88. The number of amides is 2. The Morgan fingerprint density at radius 3 is 2.50 bits per heavy atom. The van der Waals surface area contributed by atoms with Gasteiger partial charge in [-0.05, 0) is 12.1 Å². The zero-order valence-corrected chi connectivity index (χ0v) is 11.4. The maximum atomic E-state index is 13.4. The van der Waals surface area contributed by atoms with Crippen LogP contribution >= 0.6 is 0 Å². The van der Waals surface area contributed by atoms with E-state index >= 15 is 0 Å². The van der Waals surface area contributed by atoms with Gasteiger partial charge in [-0.1, -0.05) is 13.0 Å². The summed E-state index contributed by atoms with van der Waals surface area (Å²) in [6.07, 6.45) is 0. The van der Waals surface area contributed by atoms with Crippen molar-refractivity contribution in [3.05, 3.63) is 29.8 Å². The SMILES string of the molecule is CN(CC(C)(CO)CO)C(=O)Nc1cccc(F)c1F. The fourth-order valence-electron chi connectivity index (χ4n) is 1.61. The van der Waals surface area contributed by atoms with E-state index in [9.17, 15) is 13.6 Å². The van der Waals surface area contributed by atoms with Crippen LogP contribution in [0.1, 0.15) is 6.92 Å². The molecule has 0 spiro atoms. The molecule has 1 rings (SSSR count). The Morgan fingerprint density at radius 1 is 1.35 bits per heavy atom. The fraction of sp³-hybridized carbons (Fsp3) is 0.462. The average molecular weight is 288 g/mol. The Morgan fingerprint density at radius 2 is 1.95 bits per heavy atom. The molecule has 0 bridgehead atoms. The van der Waals surface area contributed by atoms with Gasteiger partial charge in [0.2, 0.25) is 0 Å². The molecule has 0 aliphatic carbocycles. The summed E-state index contributed by atoms with van der Waals surface area (Å²) in [5.74, 6) is -2.19. The third-order valence-corrected chi connectivity index (χ3v) is 2.92. The van der Waals surface area contributed by atoms with Crippen molar-refractivity contribution in [1.82, 2.24) is 4.90 Å². The largest absolute Gasteiger partial charge is 0.396 e. The average Bonchev–Trinajstić information content (AvgIpc) is 2.43. The number of carbonyl (C=O) groups is 1. The standard InChI is InChI=1S/C13H18F2N2O3/c1-13(7-18,8-19)6-17(2)12(20)16-10-5-3-4-9(14)11(10)15/h3-5,18-19H,6-8H2,1-2H3,(H,16,20). The number of aliphatic hydroxyl groups is 2. The minimum Gasteiger partial charge on any atom is -0.396 e. The van der Waals surface area contributed by atoms with Crippen LogP contribution in [0.25, 0.3) is 0 Å². The smallest absolute Gasteiger partial charge is 0.321 e. The lowest BCUT2D eigenvalue weighted by atomic mass is 9.92. The Balaban J connectivity index is 2.73. The normalized spacial score (nSPS) is 11.3. The first-order valence-electron chi connectivity index (χ1n) is 6.01. The fourth-order valence-corrected chi connectivity index (χ4v) is 1.61. The summed E-state index contributed by atoms with van der Waals surface area (Å²) < 4.78 is 26.4. The van der Waals surface area contributed by atoms with E-state index < -0.39 is 23.1 Å². The van der Waals surface area contributed by atoms with E-state index in [4.69, 9.17) is 10.2 Å². The summed E-state index contributed by atoms with van der Waals surface area (Å²) in [6, 6.07) is 2.80. The zero-order chi connectivity index (χ0) is 15.3. The van der Waals surface area contributed by atoms with E-state index in [0.717, 1.165) is 6.07 Å². The van der Waals surface area contributed by atoms with Crippen LogP contribution in [-0.2, 0) is 0 Å². The van der Waals surface area contributed by atoms with Gasteiger partial charge in [0.05, 0.1) is 18.9 Å². The Bertz CT molecular complexity index is 479. The first-order valence-corrected chi connectivity index (χ1v) is 6.01. The van der Waals surface area contributed by atoms with Gasteiger partial charge < -0.3 is 20.4 Å². The van der Waals surface area contributed by atoms with Crippen molar-refractivity contribution in [2.75, 3.05) is 32.1 Å². The number of aliphatic hydroxyl groups excluding tert-OH is 2. The highest BCUT2D eigenvalue weighted by atomic mass is 19.2. The number of nitrogens with zero attached hydrogens (tertiary/aromatic N) is 1. The lowest BCUT2D eigenvalue weighted by Gasteiger charge is -2.30. The number of hydrogen-bond donors (Lipinski definition) is 3. The van der Waals surface area contributed by atoms with E-state index in [1.54, 1.807) is 6.92 Å². The van der Waals surface area contributed by atoms with Gasteiger partial charge in [0.1, 0.15) is 0 Å². The van der Waals surface area contributed by atoms with E-state index in [0.29, 0.717) is 0 Å². The van der Waals surface area contributed by atoms with Crippen LogP contribution in [0.15, 0.2) is 18.2 Å². The van der Waals surface area contributed by atoms with Crippen LogP contribution in [0.5, 0.6) is 0 Å². The van der Waals surface area contributed by atoms with Crippen molar-refractivity contribution in [3.63, 3.8) is 0 Å². The number of benzene rings is 1. The minimum absolute atomic E-state index is 0.0583. The molecule has 0 saturated carbocycles. The summed E-state index contributed by atoms with van der Waals surface area (Å²) >= 11 is 0. The van der Waals surface area contributed by atoms with Gasteiger partial charge in [0.25, 0.3) is 0 Å². The molecular weight excluding hydrogens is 270 g/mol. The number of hydrogen-bond acceptors (Lipinski definition) is 3. The number of anilines is 1. The van der Waals surface area contributed by atoms with Crippen molar-refractivity contribution in [2.24, 2.45) is 5.41 Å². The van der Waals surface area contributed by atoms with Gasteiger partial charge in [-0.2, -0.15) is 0 Å². The molecule has 0 unspecified atom stereocenters. The van der Waals surface area contributed by atoms with Gasteiger partial charge in [-0.3, -0.25) is 0 Å². The lowest BCUT2D eigenvalue weighted by Crippen LogP contribution is -2.43. The Hall–Kier alpha value is -1.73. The quantitative estimate of drug-likeness (QED) is 0.767. The van der Waals surface area contributed by atoms with Crippen molar-refractivity contribution in [2.45, 2.75) is 6.92 Å². The molecule has 0 aliphatic heterocycles. The van der Waals surface area contributed by atoms with Gasteiger partial charge in [-0.15, -0.1) is 0 Å². The van der Waals surface area contributed by atoms with E-state index in [1.165, 1.54) is 24.1 Å². The predicted molar refractivity (Wildman–Crippen MR) is 70.3 cm³/mol. The molecule has 0 fully saturated rings. The third-order valence-electron chi connectivity index (χ3n) is 2.92. The molecule has 20 heavy (non-hydrogen) atoms. The molecule has 5 nitrogen and oxygen atoms in total. The van der Waals surface area contributed by atoms with Crippen LogP contribution in [0.3, 0.4) is 0 Å². The molecule has 7 heteroatoms. The summed E-state index contributed by atoms with van der Waals surface area (Å²) in [7, 11) is 1.43. The highest BCUT2D eigenvalue weighted by Gasteiger charge is 2.26. The molecule has 0 aromatic heterocycles. The number of carbonyl (C=O) groups excluding carboxylic acids is 1. The Kier molecular flexibility index (Phi) is 5.41. The number of rotatable bonds is 5. The van der Waals surface area contributed by atoms with Gasteiger partial charge in [0, 0.05) is 19.0 Å². The first kappa shape index (κ1) is 16.3. The number of halogens is 2. The molecule has 0 aliphatic rings. The van der Waals surface area contributed by atoms with Crippen molar-refractivity contribution in [1.29, 1.82) is 0 Å². The molecule has 3 N–H and O–H groups in total. The van der Waals surface area contributed by atoms with Crippen molar-refractivity contribution >= 4 is 11.7 Å². The molecule has 0 saturated heterocycles. The summed E-state index contributed by atoms with van der Waals surface area (Å²) in [5.41, 5.74) is -1.14. The van der Waals surface area contributed by atoms with Crippen molar-refractivity contribution < 1.29 is 23.8 Å². The van der Waals surface area contributed by atoms with Gasteiger partial charge in [0.15, 0.2) is 11.6 Å². The van der Waals surface area contributed by atoms with Crippen LogP contribution in [0.2, 0.25) is 0 Å². The monoisotopic (exact) mass is 288 g/mol. The van der Waals surface area contributed by atoms with Gasteiger partial charge >= 0.3 is 6.03 Å². The summed E-state index contributed by atoms with van der Waals surface area (Å²) in [4.78, 5) is 13.0. The molecule has 2 amide bonds. The second-order valence-corrected chi connectivity index (χ2v) is 5.01. The molecule has 0 radical (unpaired) electrons. The van der Waals surface area contributed by atoms with E-state index in [1.807, 2.05) is 0 Å². The van der Waals surface area contributed by atoms with Crippen LogP contribution < -0.4 is 5.32 Å². The molecule has 1 aromatic carbocycles. The summed E-state index contributed by atoms with van der Waals surface area (Å²) in [5, 5.41) is 20.5. The van der Waals surface area contributed by atoms with Crippen LogP contribution in [0.4, 0.5) is 19.3 Å². The zero-order valence-electron chi connectivity index (χ0n) is 11.4. The molecule has 112 valence electrons. The summed E-state index contributed by atoms with van der Waals surface area (Å²) in [6.45, 7) is 1.03. The first-order chi connectivity index (χ1) is 9.33. The maximum Gasteiger partial charge on any atom is 0.321 e. The Labute approximate surface area is 115 Å². The lowest BCUT2D eigenvalue weighted by molar-refractivity contribution is 0.0509. The van der Waals surface area contributed by atoms with E-state index in [2.05, 4.69) is 5.32 Å². The predicted octanol–water partition coefficient (Wildman–Crippen LogP) is 1.42. The van der Waals surface area contributed by atoms with Crippen molar-refractivity contribution in [3.8, 4) is 0 Å². The number of nitrogens with one attached hydrogen (secondary N) is 1. The minimum atomic E-state index is -1.14. The topological polar surface area (TPSA) is 72.8 Å². The number of urea groups is 1. The second kappa shape index (κ2) is 6.62.